The molecule has 1 N–H and O–H groups in total. The van der Waals surface area contributed by atoms with Gasteiger partial charge < -0.3 is 24.4 Å². The third-order valence-corrected chi connectivity index (χ3v) is 5.75. The molecule has 0 spiro atoms. The zero-order valence-electron chi connectivity index (χ0n) is 18.4. The van der Waals surface area contributed by atoms with Crippen molar-refractivity contribution in [2.24, 2.45) is 10.9 Å². The minimum absolute atomic E-state index is 0. The standard InChI is InChI=1S/C22H35ClN4O3.HI/c1-24-22(25-8-2-14-28-17-19-7-15-29-18-19)27-11-9-26(10-12-27)13-16-30-21-5-3-20(23)4-6-21;/h3-6,19H,2,7-18H2,1H3,(H,24,25);1H. The quantitative estimate of drug-likeness (QED) is 0.203. The third kappa shape index (κ3) is 9.69. The van der Waals surface area contributed by atoms with Crippen LogP contribution in [-0.2, 0) is 9.47 Å². The average Bonchev–Trinajstić information content (AvgIpc) is 3.29. The van der Waals surface area contributed by atoms with E-state index in [0.29, 0.717) is 12.5 Å². The maximum absolute atomic E-state index is 5.90. The normalized spacial score (nSPS) is 19.9. The van der Waals surface area contributed by atoms with Gasteiger partial charge in [-0.3, -0.25) is 9.89 Å². The van der Waals surface area contributed by atoms with Crippen LogP contribution in [0.25, 0.3) is 0 Å². The number of hydrogen-bond donors (Lipinski definition) is 1. The molecule has 1 aromatic rings. The highest BCUT2D eigenvalue weighted by Crippen LogP contribution is 2.15. The van der Waals surface area contributed by atoms with Crippen LogP contribution in [0.4, 0.5) is 0 Å². The van der Waals surface area contributed by atoms with Crippen LogP contribution < -0.4 is 10.1 Å². The lowest BCUT2D eigenvalue weighted by molar-refractivity contribution is 0.0886. The Labute approximate surface area is 208 Å². The van der Waals surface area contributed by atoms with Crippen LogP contribution in [0.15, 0.2) is 29.3 Å². The molecule has 2 saturated heterocycles. The summed E-state index contributed by atoms with van der Waals surface area (Å²) in [6, 6.07) is 7.52. The predicted octanol–water partition coefficient (Wildman–Crippen LogP) is 2.97. The number of piperazine rings is 1. The lowest BCUT2D eigenvalue weighted by Crippen LogP contribution is -2.53. The van der Waals surface area contributed by atoms with E-state index in [1.54, 1.807) is 0 Å². The van der Waals surface area contributed by atoms with E-state index >= 15 is 0 Å². The summed E-state index contributed by atoms with van der Waals surface area (Å²) in [5.41, 5.74) is 0. The molecule has 0 radical (unpaired) electrons. The van der Waals surface area contributed by atoms with E-state index in [1.165, 1.54) is 0 Å². The summed E-state index contributed by atoms with van der Waals surface area (Å²) >= 11 is 5.90. The number of ether oxygens (including phenoxy) is 3. The number of nitrogens with one attached hydrogen (secondary N) is 1. The van der Waals surface area contributed by atoms with Gasteiger partial charge in [0.1, 0.15) is 12.4 Å². The molecule has 31 heavy (non-hydrogen) atoms. The molecular weight excluding hydrogens is 531 g/mol. The van der Waals surface area contributed by atoms with Crippen molar-refractivity contribution >= 4 is 41.5 Å². The van der Waals surface area contributed by atoms with Gasteiger partial charge >= 0.3 is 0 Å². The first kappa shape index (κ1) is 26.4. The topological polar surface area (TPSA) is 58.6 Å². The van der Waals surface area contributed by atoms with Crippen molar-refractivity contribution in [2.45, 2.75) is 12.8 Å². The zero-order valence-corrected chi connectivity index (χ0v) is 21.5. The SMILES string of the molecule is CN=C(NCCCOCC1CCOC1)N1CCN(CCOc2ccc(Cl)cc2)CC1.I. The van der Waals surface area contributed by atoms with Crippen LogP contribution in [0.2, 0.25) is 5.02 Å². The Balaban J connectivity index is 0.00000341. The molecule has 7 nitrogen and oxygen atoms in total. The second-order valence-corrected chi connectivity index (χ2v) is 8.20. The lowest BCUT2D eigenvalue weighted by atomic mass is 10.1. The Bertz CT molecular complexity index is 636. The summed E-state index contributed by atoms with van der Waals surface area (Å²) < 4.78 is 17.0. The Morgan fingerprint density at radius 3 is 2.65 bits per heavy atom. The Morgan fingerprint density at radius 1 is 1.19 bits per heavy atom. The molecular formula is C22H36ClIN4O3. The molecule has 2 aliphatic rings. The van der Waals surface area contributed by atoms with Gasteiger partial charge in [-0.25, -0.2) is 0 Å². The molecule has 0 amide bonds. The number of guanidine groups is 1. The fourth-order valence-electron chi connectivity index (χ4n) is 3.68. The van der Waals surface area contributed by atoms with Crippen molar-refractivity contribution in [1.29, 1.82) is 0 Å². The molecule has 2 fully saturated rings. The number of hydrogen-bond acceptors (Lipinski definition) is 5. The zero-order chi connectivity index (χ0) is 21.0. The van der Waals surface area contributed by atoms with Crippen LogP contribution in [0.3, 0.4) is 0 Å². The third-order valence-electron chi connectivity index (χ3n) is 5.50. The second kappa shape index (κ2) is 15.1. The van der Waals surface area contributed by atoms with Crippen molar-refractivity contribution in [2.75, 3.05) is 79.4 Å². The van der Waals surface area contributed by atoms with Gasteiger partial charge in [-0.15, -0.1) is 24.0 Å². The molecule has 0 saturated carbocycles. The summed E-state index contributed by atoms with van der Waals surface area (Å²) in [5.74, 6) is 2.43. The van der Waals surface area contributed by atoms with Crippen molar-refractivity contribution < 1.29 is 14.2 Å². The van der Waals surface area contributed by atoms with E-state index in [1.807, 2.05) is 31.3 Å². The monoisotopic (exact) mass is 566 g/mol. The Kier molecular flexibility index (Phi) is 12.9. The largest absolute Gasteiger partial charge is 0.492 e. The Hall–Kier alpha value is -0.810. The Morgan fingerprint density at radius 2 is 1.97 bits per heavy atom. The van der Waals surface area contributed by atoms with Crippen molar-refractivity contribution in [1.82, 2.24) is 15.1 Å². The second-order valence-electron chi connectivity index (χ2n) is 7.76. The van der Waals surface area contributed by atoms with Crippen LogP contribution in [0.5, 0.6) is 5.75 Å². The summed E-state index contributed by atoms with van der Waals surface area (Å²) in [6.07, 6.45) is 2.11. The van der Waals surface area contributed by atoms with Gasteiger partial charge in [0.25, 0.3) is 0 Å². The van der Waals surface area contributed by atoms with E-state index in [4.69, 9.17) is 25.8 Å². The first-order chi connectivity index (χ1) is 14.7. The molecule has 2 heterocycles. The highest BCUT2D eigenvalue weighted by molar-refractivity contribution is 14.0. The van der Waals surface area contributed by atoms with Gasteiger partial charge in [-0.2, -0.15) is 0 Å². The van der Waals surface area contributed by atoms with E-state index in [-0.39, 0.29) is 24.0 Å². The summed E-state index contributed by atoms with van der Waals surface area (Å²) in [6.45, 7) is 9.78. The van der Waals surface area contributed by atoms with Gasteiger partial charge in [0.15, 0.2) is 5.96 Å². The van der Waals surface area contributed by atoms with E-state index < -0.39 is 0 Å². The summed E-state index contributed by atoms with van der Waals surface area (Å²) in [5, 5.41) is 4.20. The van der Waals surface area contributed by atoms with Crippen LogP contribution >= 0.6 is 35.6 Å². The summed E-state index contributed by atoms with van der Waals surface area (Å²) in [4.78, 5) is 9.20. The maximum Gasteiger partial charge on any atom is 0.193 e. The maximum atomic E-state index is 5.90. The van der Waals surface area contributed by atoms with Crippen LogP contribution in [-0.4, -0.2) is 95.1 Å². The molecule has 1 aromatic carbocycles. The highest BCUT2D eigenvalue weighted by atomic mass is 127. The minimum Gasteiger partial charge on any atom is -0.492 e. The number of rotatable bonds is 10. The van der Waals surface area contributed by atoms with Crippen molar-refractivity contribution in [3.63, 3.8) is 0 Å². The van der Waals surface area contributed by atoms with Gasteiger partial charge in [-0.05, 0) is 37.1 Å². The van der Waals surface area contributed by atoms with Crippen LogP contribution in [0, 0.1) is 5.92 Å². The average molecular weight is 567 g/mol. The first-order valence-electron chi connectivity index (χ1n) is 11.0. The molecule has 1 unspecified atom stereocenters. The van der Waals surface area contributed by atoms with E-state index in [2.05, 4.69) is 20.1 Å². The van der Waals surface area contributed by atoms with Gasteiger partial charge in [0, 0.05) is 70.5 Å². The van der Waals surface area contributed by atoms with Crippen LogP contribution in [0.1, 0.15) is 12.8 Å². The van der Waals surface area contributed by atoms with E-state index in [0.717, 1.165) is 95.3 Å². The van der Waals surface area contributed by atoms with Crippen molar-refractivity contribution in [3.8, 4) is 5.75 Å². The number of nitrogens with zero attached hydrogens (tertiary/aromatic N) is 3. The molecule has 9 heteroatoms. The molecule has 1 atom stereocenters. The fraction of sp³-hybridized carbons (Fsp3) is 0.682. The molecule has 176 valence electrons. The lowest BCUT2D eigenvalue weighted by Gasteiger charge is -2.36. The van der Waals surface area contributed by atoms with Gasteiger partial charge in [0.2, 0.25) is 0 Å². The molecule has 0 aliphatic carbocycles. The first-order valence-corrected chi connectivity index (χ1v) is 11.3. The van der Waals surface area contributed by atoms with Gasteiger partial charge in [-0.1, -0.05) is 11.6 Å². The fourth-order valence-corrected chi connectivity index (χ4v) is 3.80. The molecule has 2 aliphatic heterocycles. The summed E-state index contributed by atoms with van der Waals surface area (Å²) in [7, 11) is 1.85. The van der Waals surface area contributed by atoms with Crippen molar-refractivity contribution in [3.05, 3.63) is 29.3 Å². The molecule has 0 aromatic heterocycles. The predicted molar refractivity (Wildman–Crippen MR) is 136 cm³/mol. The van der Waals surface area contributed by atoms with E-state index in [9.17, 15) is 0 Å². The molecule has 0 bridgehead atoms. The smallest absolute Gasteiger partial charge is 0.193 e. The molecule has 3 rings (SSSR count). The number of aliphatic imine (C=N–C) groups is 1. The number of benzene rings is 1. The number of halogens is 2. The van der Waals surface area contributed by atoms with Gasteiger partial charge in [0.05, 0.1) is 13.2 Å². The minimum atomic E-state index is 0. The highest BCUT2D eigenvalue weighted by Gasteiger charge is 2.19.